The zero-order valence-corrected chi connectivity index (χ0v) is 16.3. The van der Waals surface area contributed by atoms with Gasteiger partial charge in [0.25, 0.3) is 0 Å². The summed E-state index contributed by atoms with van der Waals surface area (Å²) in [4.78, 5) is 14.6. The topological polar surface area (TPSA) is 61.8 Å². The van der Waals surface area contributed by atoms with Crippen molar-refractivity contribution in [2.75, 3.05) is 26.2 Å². The van der Waals surface area contributed by atoms with Gasteiger partial charge in [0.1, 0.15) is 0 Å². The van der Waals surface area contributed by atoms with Crippen LogP contribution in [-0.2, 0) is 22.7 Å². The lowest BCUT2D eigenvalue weighted by atomic mass is 9.95. The number of benzene rings is 2. The second kappa shape index (κ2) is 11.0. The van der Waals surface area contributed by atoms with E-state index in [9.17, 15) is 9.90 Å². The molecule has 0 saturated carbocycles. The van der Waals surface area contributed by atoms with Crippen molar-refractivity contribution in [1.82, 2.24) is 10.2 Å². The summed E-state index contributed by atoms with van der Waals surface area (Å²) in [6.07, 6.45) is 1.16. The summed E-state index contributed by atoms with van der Waals surface area (Å²) in [5.74, 6) is 0.196. The van der Waals surface area contributed by atoms with Gasteiger partial charge in [-0.25, -0.2) is 0 Å². The summed E-state index contributed by atoms with van der Waals surface area (Å²) in [5, 5.41) is 13.3. The van der Waals surface area contributed by atoms with Crippen molar-refractivity contribution in [3.63, 3.8) is 0 Å². The van der Waals surface area contributed by atoms with E-state index in [1.807, 2.05) is 60.7 Å². The first kappa shape index (κ1) is 20.5. The number of aliphatic hydroxyl groups excluding tert-OH is 1. The van der Waals surface area contributed by atoms with Crippen LogP contribution in [0.15, 0.2) is 60.7 Å². The van der Waals surface area contributed by atoms with Gasteiger partial charge in [-0.3, -0.25) is 4.79 Å². The van der Waals surface area contributed by atoms with Gasteiger partial charge in [-0.15, -0.1) is 0 Å². The van der Waals surface area contributed by atoms with Crippen LogP contribution in [0.25, 0.3) is 0 Å². The molecule has 1 fully saturated rings. The maximum absolute atomic E-state index is 12.4. The molecule has 0 unspecified atom stereocenters. The van der Waals surface area contributed by atoms with Crippen molar-refractivity contribution in [2.24, 2.45) is 5.92 Å². The first-order chi connectivity index (χ1) is 13.7. The largest absolute Gasteiger partial charge is 0.389 e. The van der Waals surface area contributed by atoms with Crippen LogP contribution in [0, 0.1) is 5.92 Å². The van der Waals surface area contributed by atoms with E-state index >= 15 is 0 Å². The molecule has 1 amide bonds. The van der Waals surface area contributed by atoms with Crippen LogP contribution in [0.3, 0.4) is 0 Å². The van der Waals surface area contributed by atoms with Gasteiger partial charge in [-0.05, 0) is 37.1 Å². The SMILES string of the molecule is O=C(NCc1ccccc1)C1CCN(C[C@@H](O)COCc2ccccc2)CC1. The molecule has 28 heavy (non-hydrogen) atoms. The average molecular weight is 383 g/mol. The molecule has 1 aliphatic rings. The fraction of sp³-hybridized carbons (Fsp3) is 0.435. The number of piperidine rings is 1. The zero-order chi connectivity index (χ0) is 19.6. The third kappa shape index (κ3) is 6.75. The standard InChI is InChI=1S/C23H30N2O3/c26-22(18-28-17-20-9-5-2-6-10-20)16-25-13-11-21(12-14-25)23(27)24-15-19-7-3-1-4-8-19/h1-10,21-22,26H,11-18H2,(H,24,27)/t22-/m1/s1. The molecule has 5 heteroatoms. The van der Waals surface area contributed by atoms with Gasteiger partial charge in [0.05, 0.1) is 19.3 Å². The second-order valence-electron chi connectivity index (χ2n) is 7.43. The Kier molecular flexibility index (Phi) is 8.03. The monoisotopic (exact) mass is 382 g/mol. The summed E-state index contributed by atoms with van der Waals surface area (Å²) in [6, 6.07) is 19.9. The highest BCUT2D eigenvalue weighted by Gasteiger charge is 2.25. The molecular formula is C23H30N2O3. The van der Waals surface area contributed by atoms with Crippen molar-refractivity contribution in [1.29, 1.82) is 0 Å². The van der Waals surface area contributed by atoms with Gasteiger partial charge in [0, 0.05) is 19.0 Å². The Labute approximate surface area is 167 Å². The number of amides is 1. The fourth-order valence-electron chi connectivity index (χ4n) is 3.54. The van der Waals surface area contributed by atoms with Crippen LogP contribution < -0.4 is 5.32 Å². The summed E-state index contributed by atoms with van der Waals surface area (Å²) in [6.45, 7) is 3.68. The zero-order valence-electron chi connectivity index (χ0n) is 16.3. The van der Waals surface area contributed by atoms with E-state index in [1.165, 1.54) is 0 Å². The lowest BCUT2D eigenvalue weighted by molar-refractivity contribution is -0.126. The summed E-state index contributed by atoms with van der Waals surface area (Å²) in [5.41, 5.74) is 2.23. The predicted octanol–water partition coefficient (Wildman–Crippen LogP) is 2.59. The molecule has 2 N–H and O–H groups in total. The van der Waals surface area contributed by atoms with Crippen molar-refractivity contribution in [2.45, 2.75) is 32.1 Å². The minimum atomic E-state index is -0.507. The predicted molar refractivity (Wildman–Crippen MR) is 110 cm³/mol. The molecule has 150 valence electrons. The molecule has 1 heterocycles. The Morgan fingerprint density at radius 2 is 1.64 bits per heavy atom. The van der Waals surface area contributed by atoms with Crippen LogP contribution in [0.4, 0.5) is 0 Å². The van der Waals surface area contributed by atoms with E-state index < -0.39 is 6.10 Å². The highest BCUT2D eigenvalue weighted by Crippen LogP contribution is 2.18. The molecule has 2 aromatic rings. The molecule has 1 saturated heterocycles. The van der Waals surface area contributed by atoms with Crippen molar-refractivity contribution < 1.29 is 14.6 Å². The molecule has 5 nitrogen and oxygen atoms in total. The molecule has 0 radical (unpaired) electrons. The Hall–Kier alpha value is -2.21. The number of ether oxygens (including phenoxy) is 1. The molecule has 0 bridgehead atoms. The summed E-state index contributed by atoms with van der Waals surface area (Å²) in [7, 11) is 0. The van der Waals surface area contributed by atoms with Gasteiger partial charge in [0.15, 0.2) is 0 Å². The molecule has 0 aliphatic carbocycles. The normalized spacial score (nSPS) is 16.6. The van der Waals surface area contributed by atoms with E-state index in [4.69, 9.17) is 4.74 Å². The van der Waals surface area contributed by atoms with E-state index in [-0.39, 0.29) is 11.8 Å². The van der Waals surface area contributed by atoms with E-state index in [2.05, 4.69) is 10.2 Å². The van der Waals surface area contributed by atoms with Gasteiger partial charge in [0.2, 0.25) is 5.91 Å². The third-order valence-electron chi connectivity index (χ3n) is 5.16. The number of hydrogen-bond acceptors (Lipinski definition) is 4. The Morgan fingerprint density at radius 3 is 2.29 bits per heavy atom. The number of hydrogen-bond donors (Lipinski definition) is 2. The number of rotatable bonds is 9. The van der Waals surface area contributed by atoms with Crippen LogP contribution in [0.1, 0.15) is 24.0 Å². The van der Waals surface area contributed by atoms with Crippen LogP contribution in [0.2, 0.25) is 0 Å². The molecular weight excluding hydrogens is 352 g/mol. The average Bonchev–Trinajstić information content (AvgIpc) is 2.74. The molecule has 1 aliphatic heterocycles. The maximum atomic E-state index is 12.4. The van der Waals surface area contributed by atoms with Crippen LogP contribution >= 0.6 is 0 Å². The molecule has 2 aromatic carbocycles. The number of carbonyl (C=O) groups excluding carboxylic acids is 1. The summed E-state index contributed by atoms with van der Waals surface area (Å²) >= 11 is 0. The molecule has 1 atom stereocenters. The van der Waals surface area contributed by atoms with Crippen LogP contribution in [-0.4, -0.2) is 48.3 Å². The maximum Gasteiger partial charge on any atom is 0.223 e. The summed E-state index contributed by atoms with van der Waals surface area (Å²) < 4.78 is 5.62. The van der Waals surface area contributed by atoms with Gasteiger partial charge in [-0.1, -0.05) is 60.7 Å². The number of nitrogens with one attached hydrogen (secondary N) is 1. The van der Waals surface area contributed by atoms with Gasteiger partial charge in [-0.2, -0.15) is 0 Å². The molecule has 3 rings (SSSR count). The number of β-amino-alcohol motifs (C(OH)–C–C–N with tert-alkyl or cyclic N) is 1. The second-order valence-corrected chi connectivity index (χ2v) is 7.43. The number of aliphatic hydroxyl groups is 1. The first-order valence-electron chi connectivity index (χ1n) is 10.0. The number of likely N-dealkylation sites (tertiary alicyclic amines) is 1. The van der Waals surface area contributed by atoms with E-state index in [0.29, 0.717) is 26.3 Å². The van der Waals surface area contributed by atoms with Crippen molar-refractivity contribution in [3.05, 3.63) is 71.8 Å². The Morgan fingerprint density at radius 1 is 1.04 bits per heavy atom. The van der Waals surface area contributed by atoms with Crippen LogP contribution in [0.5, 0.6) is 0 Å². The Balaban J connectivity index is 1.30. The Bertz CT molecular complexity index is 700. The highest BCUT2D eigenvalue weighted by atomic mass is 16.5. The lowest BCUT2D eigenvalue weighted by Crippen LogP contribution is -2.43. The van der Waals surface area contributed by atoms with Crippen molar-refractivity contribution in [3.8, 4) is 0 Å². The fourth-order valence-corrected chi connectivity index (χ4v) is 3.54. The number of nitrogens with zero attached hydrogens (tertiary/aromatic N) is 1. The van der Waals surface area contributed by atoms with E-state index in [1.54, 1.807) is 0 Å². The molecule has 0 spiro atoms. The minimum Gasteiger partial charge on any atom is -0.389 e. The minimum absolute atomic E-state index is 0.0615. The van der Waals surface area contributed by atoms with E-state index in [0.717, 1.165) is 37.1 Å². The van der Waals surface area contributed by atoms with Crippen molar-refractivity contribution >= 4 is 5.91 Å². The third-order valence-corrected chi connectivity index (χ3v) is 5.16. The molecule has 0 aromatic heterocycles. The smallest absolute Gasteiger partial charge is 0.223 e. The number of carbonyl (C=O) groups is 1. The van der Waals surface area contributed by atoms with Gasteiger partial charge < -0.3 is 20.1 Å². The van der Waals surface area contributed by atoms with Gasteiger partial charge >= 0.3 is 0 Å². The first-order valence-corrected chi connectivity index (χ1v) is 10.0. The highest BCUT2D eigenvalue weighted by molar-refractivity contribution is 5.78. The quantitative estimate of drug-likeness (QED) is 0.700. The lowest BCUT2D eigenvalue weighted by Gasteiger charge is -2.32.